The number of nitrogens with one attached hydrogen (secondary N) is 1. The average molecular weight is 521 g/mol. The van der Waals surface area contributed by atoms with Gasteiger partial charge in [0.05, 0.1) is 12.3 Å². The summed E-state index contributed by atoms with van der Waals surface area (Å²) in [5.74, 6) is 1.24. The molecular weight excluding hydrogens is 481 g/mol. The second-order valence-corrected chi connectivity index (χ2v) is 7.43. The van der Waals surface area contributed by atoms with E-state index in [4.69, 9.17) is 9.73 Å². The van der Waals surface area contributed by atoms with Gasteiger partial charge < -0.3 is 15.0 Å². The molecule has 0 bridgehead atoms. The molecule has 1 N–H and O–H groups in total. The summed E-state index contributed by atoms with van der Waals surface area (Å²) in [5, 5.41) is 7.97. The molecule has 0 spiro atoms. The first-order valence-corrected chi connectivity index (χ1v) is 10.6. The van der Waals surface area contributed by atoms with Crippen molar-refractivity contribution >= 4 is 35.9 Å². The summed E-state index contributed by atoms with van der Waals surface area (Å²) in [6.45, 7) is 11.1. The molecule has 0 aliphatic carbocycles. The van der Waals surface area contributed by atoms with E-state index in [2.05, 4.69) is 49.3 Å². The number of carbonyl (C=O) groups excluding carboxylic acids is 1. The number of halogens is 1. The number of hydrogen-bond acceptors (Lipinski definition) is 4. The minimum Gasteiger partial charge on any atom is -0.466 e. The molecule has 0 saturated heterocycles. The van der Waals surface area contributed by atoms with Crippen molar-refractivity contribution in [2.75, 3.05) is 26.7 Å². The van der Waals surface area contributed by atoms with E-state index >= 15 is 0 Å². The van der Waals surface area contributed by atoms with Crippen LogP contribution in [0.15, 0.2) is 11.2 Å². The summed E-state index contributed by atoms with van der Waals surface area (Å²) in [5.41, 5.74) is 2.39. The lowest BCUT2D eigenvalue weighted by Gasteiger charge is -2.22. The van der Waals surface area contributed by atoms with Gasteiger partial charge in [-0.25, -0.2) is 0 Å². The van der Waals surface area contributed by atoms with E-state index < -0.39 is 0 Å². The van der Waals surface area contributed by atoms with Crippen LogP contribution in [0.3, 0.4) is 0 Å². The van der Waals surface area contributed by atoms with Gasteiger partial charge in [-0.1, -0.05) is 26.7 Å². The first-order valence-electron chi connectivity index (χ1n) is 10.6. The van der Waals surface area contributed by atoms with Crippen molar-refractivity contribution in [2.45, 2.75) is 72.3 Å². The minimum atomic E-state index is -0.0900. The van der Waals surface area contributed by atoms with Gasteiger partial charge in [-0.15, -0.1) is 24.0 Å². The van der Waals surface area contributed by atoms with Crippen LogP contribution >= 0.6 is 24.0 Å². The van der Waals surface area contributed by atoms with Gasteiger partial charge in [0, 0.05) is 51.9 Å². The number of aromatic nitrogens is 2. The number of aryl methyl sites for hydroxylation is 1. The standard InChI is InChI=1S/C21H39N5O2.HI/c1-7-22-21(23-14-12-10-9-11-13-19(27)28-8-2)25(5)15-18-16-26(6)24-20(18)17(3)4;/h16-17H,7-15H2,1-6H3,(H,22,23);1H. The van der Waals surface area contributed by atoms with Crippen LogP contribution in [0.4, 0.5) is 0 Å². The van der Waals surface area contributed by atoms with E-state index in [1.54, 1.807) is 0 Å². The largest absolute Gasteiger partial charge is 0.466 e. The lowest BCUT2D eigenvalue weighted by molar-refractivity contribution is -0.143. The lowest BCUT2D eigenvalue weighted by Crippen LogP contribution is -2.38. The van der Waals surface area contributed by atoms with Crippen molar-refractivity contribution in [2.24, 2.45) is 12.0 Å². The van der Waals surface area contributed by atoms with Crippen molar-refractivity contribution in [3.8, 4) is 0 Å². The fraction of sp³-hybridized carbons (Fsp3) is 0.762. The lowest BCUT2D eigenvalue weighted by atomic mass is 10.1. The van der Waals surface area contributed by atoms with Crippen molar-refractivity contribution in [3.05, 3.63) is 17.5 Å². The van der Waals surface area contributed by atoms with Gasteiger partial charge in [0.25, 0.3) is 0 Å². The summed E-state index contributed by atoms with van der Waals surface area (Å²) in [4.78, 5) is 18.2. The first kappa shape index (κ1) is 27.7. The Bertz CT molecular complexity index is 616. The van der Waals surface area contributed by atoms with Crippen LogP contribution < -0.4 is 5.32 Å². The summed E-state index contributed by atoms with van der Waals surface area (Å²) >= 11 is 0. The molecule has 7 nitrogen and oxygen atoms in total. The van der Waals surface area contributed by atoms with Gasteiger partial charge >= 0.3 is 5.97 Å². The van der Waals surface area contributed by atoms with Crippen LogP contribution in [0.2, 0.25) is 0 Å². The monoisotopic (exact) mass is 521 g/mol. The molecule has 0 aliphatic heterocycles. The molecule has 1 aromatic rings. The molecule has 1 rings (SSSR count). The van der Waals surface area contributed by atoms with E-state index in [-0.39, 0.29) is 29.9 Å². The summed E-state index contributed by atoms with van der Waals surface area (Å²) in [7, 11) is 4.04. The smallest absolute Gasteiger partial charge is 0.305 e. The third kappa shape index (κ3) is 10.9. The topological polar surface area (TPSA) is 71.8 Å². The molecule has 0 radical (unpaired) electrons. The van der Waals surface area contributed by atoms with E-state index in [0.29, 0.717) is 18.9 Å². The molecule has 0 atom stereocenters. The normalized spacial score (nSPS) is 11.3. The molecule has 0 amide bonds. The third-order valence-electron chi connectivity index (χ3n) is 4.44. The van der Waals surface area contributed by atoms with Crippen molar-refractivity contribution in [1.29, 1.82) is 0 Å². The zero-order chi connectivity index (χ0) is 20.9. The zero-order valence-electron chi connectivity index (χ0n) is 19.0. The molecule has 8 heteroatoms. The number of hydrogen-bond donors (Lipinski definition) is 1. The molecule has 0 saturated carbocycles. The van der Waals surface area contributed by atoms with E-state index in [1.165, 1.54) is 5.56 Å². The van der Waals surface area contributed by atoms with Crippen molar-refractivity contribution < 1.29 is 9.53 Å². The second kappa shape index (κ2) is 15.5. The van der Waals surface area contributed by atoms with Gasteiger partial charge in [0.2, 0.25) is 0 Å². The Balaban J connectivity index is 0.00000784. The molecule has 1 aromatic heterocycles. The average Bonchev–Trinajstić information content (AvgIpc) is 3.00. The Morgan fingerprint density at radius 2 is 1.97 bits per heavy atom. The second-order valence-electron chi connectivity index (χ2n) is 7.43. The first-order chi connectivity index (χ1) is 13.4. The maximum absolute atomic E-state index is 11.3. The Kier molecular flexibility index (Phi) is 14.8. The predicted octanol–water partition coefficient (Wildman–Crippen LogP) is 4.07. The number of aliphatic imine (C=N–C) groups is 1. The van der Waals surface area contributed by atoms with Gasteiger partial charge in [-0.2, -0.15) is 5.10 Å². The zero-order valence-corrected chi connectivity index (χ0v) is 21.4. The van der Waals surface area contributed by atoms with Crippen LogP contribution in [-0.2, 0) is 23.1 Å². The Morgan fingerprint density at radius 3 is 2.59 bits per heavy atom. The van der Waals surface area contributed by atoms with Crippen LogP contribution in [0.5, 0.6) is 0 Å². The highest BCUT2D eigenvalue weighted by atomic mass is 127. The van der Waals surface area contributed by atoms with Crippen LogP contribution in [-0.4, -0.2) is 53.4 Å². The number of unbranched alkanes of at least 4 members (excludes halogenated alkanes) is 3. The molecule has 0 aromatic carbocycles. The Morgan fingerprint density at radius 1 is 1.28 bits per heavy atom. The number of carbonyl (C=O) groups is 1. The summed E-state index contributed by atoms with van der Waals surface area (Å²) in [6, 6.07) is 0. The van der Waals surface area contributed by atoms with Gasteiger partial charge in [0.1, 0.15) is 0 Å². The molecular formula is C21H40IN5O2. The van der Waals surface area contributed by atoms with E-state index in [1.807, 2.05) is 18.7 Å². The highest BCUT2D eigenvalue weighted by Gasteiger charge is 2.15. The summed E-state index contributed by atoms with van der Waals surface area (Å²) in [6.07, 6.45) is 6.64. The Hall–Kier alpha value is -1.32. The van der Waals surface area contributed by atoms with Crippen LogP contribution in [0, 0.1) is 0 Å². The SMILES string of the molecule is CCNC(=NCCCCCCC(=O)OCC)N(C)Cc1cn(C)nc1C(C)C.I. The quantitative estimate of drug-likeness (QED) is 0.148. The van der Waals surface area contributed by atoms with E-state index in [9.17, 15) is 4.79 Å². The Labute approximate surface area is 193 Å². The third-order valence-corrected chi connectivity index (χ3v) is 4.44. The van der Waals surface area contributed by atoms with Gasteiger partial charge in [-0.05, 0) is 32.6 Å². The summed E-state index contributed by atoms with van der Waals surface area (Å²) < 4.78 is 6.83. The predicted molar refractivity (Wildman–Crippen MR) is 130 cm³/mol. The molecule has 0 fully saturated rings. The molecule has 0 aliphatic rings. The molecule has 29 heavy (non-hydrogen) atoms. The highest BCUT2D eigenvalue weighted by molar-refractivity contribution is 14.0. The number of ether oxygens (including phenoxy) is 1. The van der Waals surface area contributed by atoms with Gasteiger partial charge in [-0.3, -0.25) is 14.5 Å². The number of esters is 1. The number of nitrogens with zero attached hydrogens (tertiary/aromatic N) is 4. The highest BCUT2D eigenvalue weighted by Crippen LogP contribution is 2.18. The maximum atomic E-state index is 11.3. The molecule has 0 unspecified atom stereocenters. The fourth-order valence-corrected chi connectivity index (χ4v) is 3.12. The molecule has 1 heterocycles. The van der Waals surface area contributed by atoms with Gasteiger partial charge in [0.15, 0.2) is 5.96 Å². The van der Waals surface area contributed by atoms with Crippen LogP contribution in [0.25, 0.3) is 0 Å². The van der Waals surface area contributed by atoms with Crippen molar-refractivity contribution in [3.63, 3.8) is 0 Å². The molecule has 168 valence electrons. The number of guanidine groups is 1. The van der Waals surface area contributed by atoms with Crippen molar-refractivity contribution in [1.82, 2.24) is 20.0 Å². The minimum absolute atomic E-state index is 0. The van der Waals surface area contributed by atoms with E-state index in [0.717, 1.165) is 57.0 Å². The maximum Gasteiger partial charge on any atom is 0.305 e. The van der Waals surface area contributed by atoms with Crippen LogP contribution in [0.1, 0.15) is 77.0 Å². The fourth-order valence-electron chi connectivity index (χ4n) is 3.12. The number of rotatable bonds is 12.